The van der Waals surface area contributed by atoms with Gasteiger partial charge in [-0.25, -0.2) is 0 Å². The fourth-order valence-corrected chi connectivity index (χ4v) is 0. The lowest BCUT2D eigenvalue weighted by molar-refractivity contribution is -0.432. The highest BCUT2D eigenvalue weighted by atomic mass is 31.2. The van der Waals surface area contributed by atoms with Gasteiger partial charge in [-0.3, -0.25) is 9.59 Å². The monoisotopic (exact) mass is 269 g/mol. The average molecular weight is 269 g/mol. The molecule has 0 aliphatic carbocycles. The van der Waals surface area contributed by atoms with E-state index < -0.39 is 31.3 Å². The number of aliphatic carboxylic acids is 2. The Bertz CT molecular complexity index is 282. The maximum Gasteiger partial charge on any atom is 0.175 e. The highest BCUT2D eigenvalue weighted by Gasteiger charge is 1.85. The molecule has 0 saturated heterocycles. The Balaban J connectivity index is -0.000000174. The van der Waals surface area contributed by atoms with Gasteiger partial charge in [-0.2, -0.15) is 7.82 Å². The van der Waals surface area contributed by atoms with Crippen molar-refractivity contribution in [1.82, 2.24) is 0 Å². The second-order valence-electron chi connectivity index (χ2n) is 2.13. The van der Waals surface area contributed by atoms with Gasteiger partial charge < -0.3 is 39.0 Å². The number of phosphoric acid groups is 1. The fraction of sp³-hybridized carbons (Fsp3) is 0.333. The van der Waals surface area contributed by atoms with E-state index in [1.807, 2.05) is 0 Å². The van der Waals surface area contributed by atoms with Gasteiger partial charge in [0.1, 0.15) is 11.9 Å². The van der Waals surface area contributed by atoms with Gasteiger partial charge in [0, 0.05) is 13.8 Å². The van der Waals surface area contributed by atoms with Gasteiger partial charge in [0.05, 0.1) is 0 Å². The van der Waals surface area contributed by atoms with Crippen LogP contribution in [-0.4, -0.2) is 23.5 Å². The van der Waals surface area contributed by atoms with Gasteiger partial charge >= 0.3 is 0 Å². The molecule has 0 bridgehead atoms. The van der Waals surface area contributed by atoms with E-state index in [1.54, 1.807) is 0 Å². The molecule has 0 heterocycles. The number of carboxylic acid groups (broad SMARTS) is 2. The Labute approximate surface area is 94.7 Å². The summed E-state index contributed by atoms with van der Waals surface area (Å²) in [6, 6.07) is 0. The first kappa shape index (κ1) is 20.8. The largest absolute Gasteiger partial charge is 0.822 e. The van der Waals surface area contributed by atoms with Crippen molar-refractivity contribution in [2.75, 3.05) is 0 Å². The average Bonchev–Trinajstić information content (AvgIpc) is 2.01. The second kappa shape index (κ2) is 9.60. The molecule has 0 unspecified atom stereocenters. The smallest absolute Gasteiger partial charge is 0.175 e. The highest BCUT2D eigenvalue weighted by Crippen LogP contribution is 2.03. The minimum Gasteiger partial charge on any atom is -0.822 e. The van der Waals surface area contributed by atoms with Gasteiger partial charge in [0.15, 0.2) is 11.6 Å². The van der Waals surface area contributed by atoms with Crippen LogP contribution in [-0.2, 0) is 23.7 Å². The number of carboxylic acids is 2. The van der Waals surface area contributed by atoms with Crippen molar-refractivity contribution in [2.24, 2.45) is 0 Å². The standard InChI is InChI=1S/2C3H4O3.H3O4P/c2*1-2(4)3(5)6;1-5(2,3)4/h2*1H3,(H,5,6);(H3,1,2,3,4)/p-5. The molecule has 0 atom stereocenters. The SMILES string of the molecule is CC(=O)C(=O)[O-].CC(=O)C(=O)[O-].O=P([O-])([O-])[O-]. The zero-order valence-corrected chi connectivity index (χ0v) is 9.42. The lowest BCUT2D eigenvalue weighted by Crippen LogP contribution is -2.29. The molecule has 0 aromatic carbocycles. The maximum atomic E-state index is 9.48. The molecule has 0 aliphatic heterocycles. The Morgan fingerprint density at radius 2 is 0.824 bits per heavy atom. The van der Waals surface area contributed by atoms with Crippen LogP contribution in [0.2, 0.25) is 0 Å². The van der Waals surface area contributed by atoms with Gasteiger partial charge in [0.25, 0.3) is 0 Å². The van der Waals surface area contributed by atoms with Gasteiger partial charge in [-0.15, -0.1) is 0 Å². The number of ketones is 2. The molecule has 11 heteroatoms. The van der Waals surface area contributed by atoms with Crippen molar-refractivity contribution in [3.05, 3.63) is 0 Å². The third-order valence-corrected chi connectivity index (χ3v) is 0.575. The topological polar surface area (TPSA) is 201 Å². The molecule has 0 aromatic rings. The predicted molar refractivity (Wildman–Crippen MR) is 39.0 cm³/mol. The molecule has 0 amide bonds. The molecule has 100 valence electrons. The van der Waals surface area contributed by atoms with E-state index in [4.69, 9.17) is 19.2 Å². The molecular weight excluding hydrogens is 263 g/mol. The summed E-state index contributed by atoms with van der Waals surface area (Å²) < 4.78 is 8.55. The quantitative estimate of drug-likeness (QED) is 0.342. The summed E-state index contributed by atoms with van der Waals surface area (Å²) in [6.07, 6.45) is 0. The van der Waals surface area contributed by atoms with Gasteiger partial charge in [-0.05, 0) is 0 Å². The summed E-state index contributed by atoms with van der Waals surface area (Å²) in [5, 5.41) is 18.5. The van der Waals surface area contributed by atoms with Crippen LogP contribution >= 0.6 is 7.82 Å². The molecule has 0 saturated carbocycles. The summed E-state index contributed by atoms with van der Waals surface area (Å²) in [6.45, 7) is 1.88. The van der Waals surface area contributed by atoms with Crippen LogP contribution in [0.3, 0.4) is 0 Å². The third-order valence-electron chi connectivity index (χ3n) is 0.575. The zero-order chi connectivity index (χ0) is 14.8. The molecule has 0 radical (unpaired) electrons. The van der Waals surface area contributed by atoms with Crippen LogP contribution in [0.4, 0.5) is 0 Å². The molecule has 17 heavy (non-hydrogen) atoms. The third kappa shape index (κ3) is 54.1. The van der Waals surface area contributed by atoms with Crippen LogP contribution in [0.5, 0.6) is 0 Å². The summed E-state index contributed by atoms with van der Waals surface area (Å²) >= 11 is 0. The minimum absolute atomic E-state index is 0.935. The van der Waals surface area contributed by atoms with Crippen LogP contribution < -0.4 is 24.9 Å². The lowest BCUT2D eigenvalue weighted by Gasteiger charge is -2.36. The van der Waals surface area contributed by atoms with Gasteiger partial charge in [-0.1, -0.05) is 0 Å². The number of hydrogen-bond donors (Lipinski definition) is 0. The van der Waals surface area contributed by atoms with Crippen molar-refractivity contribution in [3.8, 4) is 0 Å². The Hall–Kier alpha value is -1.61. The van der Waals surface area contributed by atoms with Crippen LogP contribution in [0.15, 0.2) is 0 Å². The summed E-state index contributed by atoms with van der Waals surface area (Å²) in [5.41, 5.74) is 0. The van der Waals surface area contributed by atoms with Crippen molar-refractivity contribution < 1.29 is 48.6 Å². The Kier molecular flexibility index (Phi) is 11.7. The lowest BCUT2D eigenvalue weighted by atomic mass is 10.5. The number of carbonyl (C=O) groups is 4. The van der Waals surface area contributed by atoms with E-state index in [9.17, 15) is 29.4 Å². The van der Waals surface area contributed by atoms with E-state index in [0.717, 1.165) is 13.8 Å². The first-order chi connectivity index (χ1) is 7.29. The molecule has 0 N–H and O–H groups in total. The van der Waals surface area contributed by atoms with Crippen molar-refractivity contribution in [2.45, 2.75) is 13.8 Å². The van der Waals surface area contributed by atoms with Crippen molar-refractivity contribution in [1.29, 1.82) is 0 Å². The van der Waals surface area contributed by atoms with E-state index in [1.165, 1.54) is 0 Å². The van der Waals surface area contributed by atoms with E-state index in [0.29, 0.717) is 0 Å². The summed E-state index contributed by atoms with van der Waals surface area (Å²) in [7, 11) is -5.39. The first-order valence-electron chi connectivity index (χ1n) is 3.46. The van der Waals surface area contributed by atoms with E-state index in [-0.39, 0.29) is 0 Å². The van der Waals surface area contributed by atoms with E-state index in [2.05, 4.69) is 0 Å². The first-order valence-corrected chi connectivity index (χ1v) is 4.92. The van der Waals surface area contributed by atoms with Gasteiger partial charge in [0.2, 0.25) is 0 Å². The van der Waals surface area contributed by atoms with Crippen LogP contribution in [0.25, 0.3) is 0 Å². The number of carbonyl (C=O) groups excluding carboxylic acids is 4. The number of hydrogen-bond acceptors (Lipinski definition) is 10. The van der Waals surface area contributed by atoms with Crippen molar-refractivity contribution >= 4 is 31.3 Å². The zero-order valence-electron chi connectivity index (χ0n) is 8.53. The molecule has 0 aromatic heterocycles. The minimum atomic E-state index is -5.39. The Morgan fingerprint density at radius 1 is 0.765 bits per heavy atom. The summed E-state index contributed by atoms with van der Waals surface area (Å²) in [4.78, 5) is 63.1. The Morgan fingerprint density at radius 3 is 0.824 bits per heavy atom. The fourth-order valence-electron chi connectivity index (χ4n) is 0. The van der Waals surface area contributed by atoms with Crippen LogP contribution in [0.1, 0.15) is 13.8 Å². The molecule has 0 aliphatic rings. The molecular formula is C6H6O10P-5. The highest BCUT2D eigenvalue weighted by molar-refractivity contribution is 7.40. The van der Waals surface area contributed by atoms with Crippen LogP contribution in [0, 0.1) is 0 Å². The second-order valence-corrected chi connectivity index (χ2v) is 3.03. The maximum absolute atomic E-state index is 9.48. The number of Topliss-reactive ketones (excluding diaryl/α,β-unsaturated/α-hetero) is 2. The molecule has 0 spiro atoms. The molecule has 0 fully saturated rings. The molecule has 0 rings (SSSR count). The normalized spacial score (nSPS) is 8.76. The molecule has 10 nitrogen and oxygen atoms in total. The van der Waals surface area contributed by atoms with Crippen molar-refractivity contribution in [3.63, 3.8) is 0 Å². The summed E-state index contributed by atoms with van der Waals surface area (Å²) in [5.74, 6) is -5.13. The predicted octanol–water partition coefficient (Wildman–Crippen LogP) is -6.17. The number of rotatable bonds is 2. The van der Waals surface area contributed by atoms with E-state index >= 15 is 0 Å².